The van der Waals surface area contributed by atoms with Crippen molar-refractivity contribution in [1.82, 2.24) is 4.57 Å². The molecule has 0 aliphatic heterocycles. The lowest BCUT2D eigenvalue weighted by atomic mass is 10.1. The first-order chi connectivity index (χ1) is 9.20. The summed E-state index contributed by atoms with van der Waals surface area (Å²) in [5.41, 5.74) is 2.39. The van der Waals surface area contributed by atoms with Gasteiger partial charge < -0.3 is 4.57 Å². The molecule has 3 heteroatoms. The third-order valence-corrected chi connectivity index (χ3v) is 4.65. The van der Waals surface area contributed by atoms with Crippen LogP contribution in [0.15, 0.2) is 47.4 Å². The van der Waals surface area contributed by atoms with E-state index >= 15 is 0 Å². The van der Waals surface area contributed by atoms with Gasteiger partial charge in [0.05, 0.1) is 5.39 Å². The first-order valence-electron chi connectivity index (χ1n) is 6.38. The molecule has 2 nitrogen and oxygen atoms in total. The van der Waals surface area contributed by atoms with Crippen molar-refractivity contribution in [3.05, 3.63) is 57.8 Å². The van der Waals surface area contributed by atoms with Crippen molar-refractivity contribution in [2.24, 2.45) is 7.05 Å². The second kappa shape index (κ2) is 4.67. The van der Waals surface area contributed by atoms with Gasteiger partial charge in [0.2, 0.25) is 0 Å². The third kappa shape index (κ3) is 2.00. The number of aromatic nitrogens is 1. The lowest BCUT2D eigenvalue weighted by molar-refractivity contribution is 0.875. The highest BCUT2D eigenvalue weighted by Crippen LogP contribution is 2.33. The van der Waals surface area contributed by atoms with E-state index in [0.717, 1.165) is 27.6 Å². The fraction of sp³-hybridized carbons (Fsp3) is 0.188. The average molecular weight is 269 g/mol. The Balaban J connectivity index is 2.39. The van der Waals surface area contributed by atoms with E-state index in [-0.39, 0.29) is 5.56 Å². The van der Waals surface area contributed by atoms with Crippen LogP contribution >= 0.6 is 11.3 Å². The second-order valence-electron chi connectivity index (χ2n) is 4.63. The minimum atomic E-state index is 0.0885. The largest absolute Gasteiger partial charge is 0.317 e. The van der Waals surface area contributed by atoms with Crippen LogP contribution in [-0.4, -0.2) is 4.57 Å². The normalized spacial score (nSPS) is 11.1. The van der Waals surface area contributed by atoms with E-state index in [4.69, 9.17) is 0 Å². The summed E-state index contributed by atoms with van der Waals surface area (Å²) in [6.07, 6.45) is 2.91. The number of thiophene rings is 1. The van der Waals surface area contributed by atoms with Gasteiger partial charge in [-0.25, -0.2) is 0 Å². The standard InChI is InChI=1S/C16H15NOS/c1-3-12-9-13-15(19-12)14(10-17(2)16(13)18)11-7-5-4-6-8-11/h4-10H,3H2,1-2H3. The van der Waals surface area contributed by atoms with E-state index in [9.17, 15) is 4.79 Å². The van der Waals surface area contributed by atoms with E-state index in [1.165, 1.54) is 4.88 Å². The lowest BCUT2D eigenvalue weighted by Crippen LogP contribution is -2.15. The molecular formula is C16H15NOS. The van der Waals surface area contributed by atoms with Crippen molar-refractivity contribution in [2.45, 2.75) is 13.3 Å². The van der Waals surface area contributed by atoms with Crippen molar-refractivity contribution in [3.63, 3.8) is 0 Å². The van der Waals surface area contributed by atoms with Gasteiger partial charge in [0, 0.05) is 28.4 Å². The fourth-order valence-electron chi connectivity index (χ4n) is 2.30. The Labute approximate surface area is 115 Å². The number of benzene rings is 1. The number of hydrogen-bond donors (Lipinski definition) is 0. The quantitative estimate of drug-likeness (QED) is 0.693. The number of hydrogen-bond acceptors (Lipinski definition) is 2. The van der Waals surface area contributed by atoms with E-state index in [2.05, 4.69) is 19.1 Å². The predicted octanol–water partition coefficient (Wildman–Crippen LogP) is 3.83. The number of rotatable bonds is 2. The zero-order valence-corrected chi connectivity index (χ0v) is 11.8. The molecule has 2 aromatic heterocycles. The van der Waals surface area contributed by atoms with E-state index in [1.807, 2.05) is 37.5 Å². The Hall–Kier alpha value is -1.87. The minimum Gasteiger partial charge on any atom is -0.317 e. The maximum Gasteiger partial charge on any atom is 0.259 e. The van der Waals surface area contributed by atoms with Gasteiger partial charge in [-0.2, -0.15) is 0 Å². The van der Waals surface area contributed by atoms with Crippen LogP contribution < -0.4 is 5.56 Å². The van der Waals surface area contributed by atoms with Gasteiger partial charge in [0.1, 0.15) is 0 Å². The maximum atomic E-state index is 12.2. The zero-order chi connectivity index (χ0) is 13.4. The van der Waals surface area contributed by atoms with E-state index in [0.29, 0.717) is 0 Å². The number of aryl methyl sites for hydroxylation is 2. The average Bonchev–Trinajstić information content (AvgIpc) is 2.88. The number of nitrogens with zero attached hydrogens (tertiary/aromatic N) is 1. The van der Waals surface area contributed by atoms with Gasteiger partial charge in [-0.05, 0) is 18.1 Å². The first-order valence-corrected chi connectivity index (χ1v) is 7.20. The highest BCUT2D eigenvalue weighted by atomic mass is 32.1. The molecule has 1 aromatic carbocycles. The molecule has 19 heavy (non-hydrogen) atoms. The van der Waals surface area contributed by atoms with Crippen LogP contribution in [0, 0.1) is 0 Å². The summed E-state index contributed by atoms with van der Waals surface area (Å²) in [7, 11) is 1.82. The Morgan fingerprint density at radius 1 is 1.21 bits per heavy atom. The number of pyridine rings is 1. The van der Waals surface area contributed by atoms with Gasteiger partial charge in [-0.3, -0.25) is 4.79 Å². The van der Waals surface area contributed by atoms with Crippen LogP contribution in [0.1, 0.15) is 11.8 Å². The molecular weight excluding hydrogens is 254 g/mol. The lowest BCUT2D eigenvalue weighted by Gasteiger charge is -2.06. The summed E-state index contributed by atoms with van der Waals surface area (Å²) in [6.45, 7) is 2.12. The van der Waals surface area contributed by atoms with Gasteiger partial charge in [-0.1, -0.05) is 37.3 Å². The van der Waals surface area contributed by atoms with E-state index < -0.39 is 0 Å². The molecule has 0 aliphatic carbocycles. The molecule has 0 radical (unpaired) electrons. The molecule has 3 aromatic rings. The molecule has 0 atom stereocenters. The van der Waals surface area contributed by atoms with Crippen LogP contribution in [-0.2, 0) is 13.5 Å². The van der Waals surface area contributed by atoms with Crippen LogP contribution in [0.5, 0.6) is 0 Å². The maximum absolute atomic E-state index is 12.2. The topological polar surface area (TPSA) is 22.0 Å². The second-order valence-corrected chi connectivity index (χ2v) is 5.77. The summed E-state index contributed by atoms with van der Waals surface area (Å²) >= 11 is 1.73. The third-order valence-electron chi connectivity index (χ3n) is 3.33. The summed E-state index contributed by atoms with van der Waals surface area (Å²) in [5, 5.41) is 0.839. The van der Waals surface area contributed by atoms with Gasteiger partial charge in [0.25, 0.3) is 5.56 Å². The van der Waals surface area contributed by atoms with Gasteiger partial charge >= 0.3 is 0 Å². The van der Waals surface area contributed by atoms with Crippen molar-refractivity contribution >= 4 is 21.4 Å². The van der Waals surface area contributed by atoms with Crippen molar-refractivity contribution < 1.29 is 0 Å². The summed E-state index contributed by atoms with van der Waals surface area (Å²) < 4.78 is 2.78. The van der Waals surface area contributed by atoms with Crippen molar-refractivity contribution in [3.8, 4) is 11.1 Å². The van der Waals surface area contributed by atoms with Crippen molar-refractivity contribution in [2.75, 3.05) is 0 Å². The Morgan fingerprint density at radius 3 is 2.63 bits per heavy atom. The van der Waals surface area contributed by atoms with Crippen LogP contribution in [0.3, 0.4) is 0 Å². The summed E-state index contributed by atoms with van der Waals surface area (Å²) in [6, 6.07) is 12.3. The van der Waals surface area contributed by atoms with Crippen LogP contribution in [0.25, 0.3) is 21.2 Å². The molecule has 0 N–H and O–H groups in total. The van der Waals surface area contributed by atoms with E-state index in [1.54, 1.807) is 15.9 Å². The van der Waals surface area contributed by atoms with Crippen LogP contribution in [0.4, 0.5) is 0 Å². The highest BCUT2D eigenvalue weighted by molar-refractivity contribution is 7.19. The molecule has 3 rings (SSSR count). The summed E-state index contributed by atoms with van der Waals surface area (Å²) in [5.74, 6) is 0. The molecule has 0 spiro atoms. The minimum absolute atomic E-state index is 0.0885. The van der Waals surface area contributed by atoms with Gasteiger partial charge in [-0.15, -0.1) is 11.3 Å². The molecule has 0 aliphatic rings. The smallest absolute Gasteiger partial charge is 0.259 e. The Kier molecular flexibility index (Phi) is 2.99. The molecule has 96 valence electrons. The molecule has 0 unspecified atom stereocenters. The Bertz CT molecular complexity index is 784. The monoisotopic (exact) mass is 269 g/mol. The zero-order valence-electron chi connectivity index (χ0n) is 11.0. The highest BCUT2D eigenvalue weighted by Gasteiger charge is 2.12. The summed E-state index contributed by atoms with van der Waals surface area (Å²) in [4.78, 5) is 13.5. The number of fused-ring (bicyclic) bond motifs is 1. The van der Waals surface area contributed by atoms with Crippen LogP contribution in [0.2, 0.25) is 0 Å². The first kappa shape index (κ1) is 12.2. The molecule has 2 heterocycles. The van der Waals surface area contributed by atoms with Gasteiger partial charge in [0.15, 0.2) is 0 Å². The Morgan fingerprint density at radius 2 is 1.95 bits per heavy atom. The molecule has 0 amide bonds. The predicted molar refractivity (Wildman–Crippen MR) is 81.9 cm³/mol. The molecule has 0 saturated heterocycles. The fourth-order valence-corrected chi connectivity index (χ4v) is 3.42. The molecule has 0 fully saturated rings. The molecule has 0 bridgehead atoms. The molecule has 0 saturated carbocycles. The SMILES string of the molecule is CCc1cc2c(=O)n(C)cc(-c3ccccc3)c2s1. The van der Waals surface area contributed by atoms with Crippen molar-refractivity contribution in [1.29, 1.82) is 0 Å².